The van der Waals surface area contributed by atoms with E-state index < -0.39 is 0 Å². The molecule has 5 heteroatoms. The molecule has 104 valence electrons. The summed E-state index contributed by atoms with van der Waals surface area (Å²) < 4.78 is 0. The lowest BCUT2D eigenvalue weighted by atomic mass is 9.93. The Bertz CT molecular complexity index is 505. The van der Waals surface area contributed by atoms with Crippen LogP contribution in [-0.4, -0.2) is 25.0 Å². The van der Waals surface area contributed by atoms with Crippen molar-refractivity contribution in [2.75, 3.05) is 23.7 Å². The number of amides is 1. The van der Waals surface area contributed by atoms with Gasteiger partial charge in [-0.15, -0.1) is 11.3 Å². The summed E-state index contributed by atoms with van der Waals surface area (Å²) in [4.78, 5) is 15.1. The molecule has 19 heavy (non-hydrogen) atoms. The summed E-state index contributed by atoms with van der Waals surface area (Å²) >= 11 is 1.52. The van der Waals surface area contributed by atoms with Gasteiger partial charge in [0, 0.05) is 19.1 Å². The molecule has 1 saturated carbocycles. The van der Waals surface area contributed by atoms with Gasteiger partial charge in [-0.2, -0.15) is 0 Å². The quantitative estimate of drug-likeness (QED) is 0.893. The molecule has 2 aliphatic rings. The van der Waals surface area contributed by atoms with Crippen molar-refractivity contribution in [3.63, 3.8) is 0 Å². The van der Waals surface area contributed by atoms with E-state index in [0.717, 1.165) is 30.9 Å². The topological polar surface area (TPSA) is 58.4 Å². The van der Waals surface area contributed by atoms with Crippen molar-refractivity contribution in [2.24, 2.45) is 5.41 Å². The number of rotatable bonds is 3. The van der Waals surface area contributed by atoms with Gasteiger partial charge in [0.1, 0.15) is 4.88 Å². The third-order valence-corrected chi connectivity index (χ3v) is 5.07. The lowest BCUT2D eigenvalue weighted by Gasteiger charge is -2.19. The second-order valence-corrected chi connectivity index (χ2v) is 7.48. The molecule has 1 aliphatic heterocycles. The van der Waals surface area contributed by atoms with Gasteiger partial charge in [-0.1, -0.05) is 13.8 Å². The molecular formula is C14H21N3OS. The van der Waals surface area contributed by atoms with Gasteiger partial charge in [-0.3, -0.25) is 4.79 Å². The number of hydrogen-bond donors (Lipinski definition) is 2. The number of carbonyl (C=O) groups excluding carboxylic acids is 1. The standard InChI is InChI=1S/C14H21N3OS/c1-14(2)5-6-17(8-14)11-7-10(15)12(19-11)13(18)16-9-3-4-9/h7,9H,3-6,8,15H2,1-2H3,(H,16,18). The highest BCUT2D eigenvalue weighted by Crippen LogP contribution is 2.38. The second-order valence-electron chi connectivity index (χ2n) is 6.45. The molecule has 3 N–H and O–H groups in total. The zero-order valence-electron chi connectivity index (χ0n) is 11.5. The van der Waals surface area contributed by atoms with Crippen molar-refractivity contribution < 1.29 is 4.79 Å². The highest BCUT2D eigenvalue weighted by Gasteiger charge is 2.31. The highest BCUT2D eigenvalue weighted by molar-refractivity contribution is 7.18. The van der Waals surface area contributed by atoms with Crippen molar-refractivity contribution in [3.05, 3.63) is 10.9 Å². The maximum Gasteiger partial charge on any atom is 0.263 e. The summed E-state index contributed by atoms with van der Waals surface area (Å²) in [5.41, 5.74) is 6.97. The first-order valence-corrected chi connectivity index (χ1v) is 7.71. The van der Waals surface area contributed by atoms with E-state index in [2.05, 4.69) is 24.1 Å². The van der Waals surface area contributed by atoms with E-state index in [1.54, 1.807) is 0 Å². The average Bonchev–Trinajstić information content (AvgIpc) is 2.93. The fourth-order valence-electron chi connectivity index (χ4n) is 2.50. The van der Waals surface area contributed by atoms with E-state index in [9.17, 15) is 4.79 Å². The number of nitrogen functional groups attached to an aromatic ring is 1. The Hall–Kier alpha value is -1.23. The van der Waals surface area contributed by atoms with Crippen LogP contribution < -0.4 is 16.0 Å². The van der Waals surface area contributed by atoms with Crippen LogP contribution in [-0.2, 0) is 0 Å². The molecule has 0 bridgehead atoms. The van der Waals surface area contributed by atoms with Crippen LogP contribution in [0.5, 0.6) is 0 Å². The Morgan fingerprint density at radius 1 is 1.53 bits per heavy atom. The van der Waals surface area contributed by atoms with Crippen molar-refractivity contribution >= 4 is 27.9 Å². The van der Waals surface area contributed by atoms with Crippen molar-refractivity contribution in [1.29, 1.82) is 0 Å². The fraction of sp³-hybridized carbons (Fsp3) is 0.643. The van der Waals surface area contributed by atoms with Crippen molar-refractivity contribution in [3.8, 4) is 0 Å². The molecule has 3 rings (SSSR count). The van der Waals surface area contributed by atoms with Crippen LogP contribution in [0.1, 0.15) is 42.8 Å². The van der Waals surface area contributed by atoms with E-state index in [0.29, 0.717) is 22.0 Å². The number of nitrogens with two attached hydrogens (primary N) is 1. The van der Waals surface area contributed by atoms with Gasteiger partial charge in [-0.25, -0.2) is 0 Å². The van der Waals surface area contributed by atoms with Crippen LogP contribution in [0.15, 0.2) is 6.07 Å². The lowest BCUT2D eigenvalue weighted by Crippen LogP contribution is -2.25. The number of hydrogen-bond acceptors (Lipinski definition) is 4. The van der Waals surface area contributed by atoms with Crippen LogP contribution in [0.25, 0.3) is 0 Å². The van der Waals surface area contributed by atoms with Gasteiger partial charge in [0.25, 0.3) is 5.91 Å². The molecule has 0 spiro atoms. The maximum absolute atomic E-state index is 12.1. The first-order chi connectivity index (χ1) is 8.94. The Kier molecular flexibility index (Phi) is 2.96. The van der Waals surface area contributed by atoms with Crippen LogP contribution >= 0.6 is 11.3 Å². The summed E-state index contributed by atoms with van der Waals surface area (Å²) in [6, 6.07) is 2.33. The van der Waals surface area contributed by atoms with E-state index in [-0.39, 0.29) is 5.91 Å². The van der Waals surface area contributed by atoms with E-state index >= 15 is 0 Å². The zero-order valence-corrected chi connectivity index (χ0v) is 12.3. The minimum absolute atomic E-state index is 0.00490. The minimum Gasteiger partial charge on any atom is -0.397 e. The molecule has 0 atom stereocenters. The minimum atomic E-state index is -0.00490. The number of anilines is 2. The molecule has 2 fully saturated rings. The molecule has 0 aromatic carbocycles. The maximum atomic E-state index is 12.1. The summed E-state index contributed by atoms with van der Waals surface area (Å²) in [6.45, 7) is 6.66. The van der Waals surface area contributed by atoms with E-state index in [4.69, 9.17) is 5.73 Å². The lowest BCUT2D eigenvalue weighted by molar-refractivity contribution is 0.0956. The number of nitrogens with one attached hydrogen (secondary N) is 1. The Balaban J connectivity index is 1.75. The molecule has 1 aliphatic carbocycles. The van der Waals surface area contributed by atoms with Crippen molar-refractivity contribution in [2.45, 2.75) is 39.2 Å². The smallest absolute Gasteiger partial charge is 0.263 e. The van der Waals surface area contributed by atoms with Crippen LogP contribution in [0.2, 0.25) is 0 Å². The van der Waals surface area contributed by atoms with Gasteiger partial charge in [0.05, 0.1) is 10.7 Å². The third kappa shape index (κ3) is 2.71. The molecule has 0 radical (unpaired) electrons. The molecule has 0 unspecified atom stereocenters. The Morgan fingerprint density at radius 3 is 2.84 bits per heavy atom. The van der Waals surface area contributed by atoms with Crippen LogP contribution in [0.4, 0.5) is 10.7 Å². The highest BCUT2D eigenvalue weighted by atomic mass is 32.1. The van der Waals surface area contributed by atoms with Gasteiger partial charge >= 0.3 is 0 Å². The summed E-state index contributed by atoms with van der Waals surface area (Å²) in [5, 5.41) is 4.13. The Labute approximate surface area is 118 Å². The predicted octanol–water partition coefficient (Wildman–Crippen LogP) is 2.46. The monoisotopic (exact) mass is 279 g/mol. The van der Waals surface area contributed by atoms with E-state index in [1.165, 1.54) is 17.8 Å². The molecule has 1 saturated heterocycles. The van der Waals surface area contributed by atoms with Gasteiger partial charge in [-0.05, 0) is 30.7 Å². The molecule has 4 nitrogen and oxygen atoms in total. The predicted molar refractivity (Wildman–Crippen MR) is 79.8 cm³/mol. The zero-order chi connectivity index (χ0) is 13.6. The fourth-order valence-corrected chi connectivity index (χ4v) is 3.51. The average molecular weight is 279 g/mol. The number of carbonyl (C=O) groups is 1. The molecular weight excluding hydrogens is 258 g/mol. The van der Waals surface area contributed by atoms with Gasteiger partial charge in [0.15, 0.2) is 0 Å². The second kappa shape index (κ2) is 4.40. The number of nitrogens with zero attached hydrogens (tertiary/aromatic N) is 1. The normalized spacial score (nSPS) is 21.7. The summed E-state index contributed by atoms with van der Waals surface area (Å²) in [7, 11) is 0. The first-order valence-electron chi connectivity index (χ1n) is 6.90. The molecule has 1 aromatic rings. The molecule has 1 amide bonds. The van der Waals surface area contributed by atoms with Gasteiger partial charge in [0.2, 0.25) is 0 Å². The summed E-state index contributed by atoms with van der Waals surface area (Å²) in [5.74, 6) is -0.00490. The van der Waals surface area contributed by atoms with Crippen LogP contribution in [0, 0.1) is 5.41 Å². The SMILES string of the molecule is CC1(C)CCN(c2cc(N)c(C(=O)NC3CC3)s2)C1. The van der Waals surface area contributed by atoms with Gasteiger partial charge < -0.3 is 16.0 Å². The summed E-state index contributed by atoms with van der Waals surface area (Å²) in [6.07, 6.45) is 3.39. The third-order valence-electron chi connectivity index (χ3n) is 3.86. The first kappa shape index (κ1) is 12.8. The molecule has 2 heterocycles. The van der Waals surface area contributed by atoms with Crippen molar-refractivity contribution in [1.82, 2.24) is 5.32 Å². The number of thiophene rings is 1. The van der Waals surface area contributed by atoms with Crippen LogP contribution in [0.3, 0.4) is 0 Å². The largest absolute Gasteiger partial charge is 0.397 e. The molecule has 1 aromatic heterocycles. The Morgan fingerprint density at radius 2 is 2.26 bits per heavy atom. The van der Waals surface area contributed by atoms with E-state index in [1.807, 2.05) is 6.07 Å².